The molecule has 1 fully saturated rings. The summed E-state index contributed by atoms with van der Waals surface area (Å²) in [6.45, 7) is 1.39. The SMILES string of the molecule is CCNC(=O)CNC(=O)COC(=O)[C@@H]1CCCN1S(=O)(=O)c1ccc(F)cc1. The number of rotatable bonds is 8. The third kappa shape index (κ3) is 5.49. The van der Waals surface area contributed by atoms with E-state index in [4.69, 9.17) is 4.74 Å². The number of hydrogen-bond acceptors (Lipinski definition) is 6. The average Bonchev–Trinajstić information content (AvgIpc) is 3.16. The number of carbonyl (C=O) groups is 3. The van der Waals surface area contributed by atoms with Crippen molar-refractivity contribution >= 4 is 27.8 Å². The maximum atomic E-state index is 13.0. The number of sulfonamides is 1. The van der Waals surface area contributed by atoms with E-state index in [1.165, 1.54) is 0 Å². The molecule has 28 heavy (non-hydrogen) atoms. The van der Waals surface area contributed by atoms with Crippen molar-refractivity contribution in [1.29, 1.82) is 0 Å². The van der Waals surface area contributed by atoms with Gasteiger partial charge in [0, 0.05) is 13.1 Å². The van der Waals surface area contributed by atoms with Crippen LogP contribution in [0.25, 0.3) is 0 Å². The first kappa shape index (κ1) is 21.8. The molecule has 1 atom stereocenters. The first-order valence-corrected chi connectivity index (χ1v) is 10.2. The molecular formula is C17H22FN3O6S. The zero-order chi connectivity index (χ0) is 20.7. The second-order valence-corrected chi connectivity index (χ2v) is 7.96. The lowest BCUT2D eigenvalue weighted by Gasteiger charge is -2.22. The van der Waals surface area contributed by atoms with Gasteiger partial charge in [0.2, 0.25) is 15.9 Å². The molecule has 9 nitrogen and oxygen atoms in total. The Morgan fingerprint density at radius 2 is 1.86 bits per heavy atom. The Morgan fingerprint density at radius 1 is 1.18 bits per heavy atom. The topological polar surface area (TPSA) is 122 Å². The van der Waals surface area contributed by atoms with Gasteiger partial charge >= 0.3 is 5.97 Å². The smallest absolute Gasteiger partial charge is 0.324 e. The van der Waals surface area contributed by atoms with Crippen LogP contribution < -0.4 is 10.6 Å². The highest BCUT2D eigenvalue weighted by Gasteiger charge is 2.40. The average molecular weight is 415 g/mol. The largest absolute Gasteiger partial charge is 0.454 e. The van der Waals surface area contributed by atoms with Crippen LogP contribution in [0.1, 0.15) is 19.8 Å². The van der Waals surface area contributed by atoms with Crippen LogP contribution in [0.3, 0.4) is 0 Å². The number of benzene rings is 1. The fourth-order valence-electron chi connectivity index (χ4n) is 2.73. The first-order chi connectivity index (χ1) is 13.3. The van der Waals surface area contributed by atoms with Crippen LogP contribution in [0.5, 0.6) is 0 Å². The van der Waals surface area contributed by atoms with Crippen molar-refractivity contribution < 1.29 is 31.9 Å². The van der Waals surface area contributed by atoms with Crippen LogP contribution in [0.4, 0.5) is 4.39 Å². The Labute approximate surface area is 162 Å². The van der Waals surface area contributed by atoms with Crippen molar-refractivity contribution in [2.24, 2.45) is 0 Å². The lowest BCUT2D eigenvalue weighted by molar-refractivity contribution is -0.151. The van der Waals surface area contributed by atoms with Crippen molar-refractivity contribution in [2.75, 3.05) is 26.2 Å². The highest BCUT2D eigenvalue weighted by atomic mass is 32.2. The first-order valence-electron chi connectivity index (χ1n) is 8.73. The molecule has 1 saturated heterocycles. The molecule has 11 heteroatoms. The van der Waals surface area contributed by atoms with E-state index in [9.17, 15) is 27.2 Å². The molecule has 0 spiro atoms. The van der Waals surface area contributed by atoms with Crippen molar-refractivity contribution in [1.82, 2.24) is 14.9 Å². The van der Waals surface area contributed by atoms with Crippen LogP contribution in [0.2, 0.25) is 0 Å². The van der Waals surface area contributed by atoms with E-state index in [1.54, 1.807) is 6.92 Å². The Balaban J connectivity index is 1.94. The standard InChI is InChI=1S/C17H22FN3O6S/c1-2-19-15(22)10-20-16(23)11-27-17(24)14-4-3-9-21(14)28(25,26)13-7-5-12(18)6-8-13/h5-8,14H,2-4,9-11H2,1H3,(H,19,22)(H,20,23)/t14-/m0/s1. The predicted molar refractivity (Wildman–Crippen MR) is 96.0 cm³/mol. The number of amides is 2. The van der Waals surface area contributed by atoms with Gasteiger partial charge in [-0.05, 0) is 44.0 Å². The zero-order valence-electron chi connectivity index (χ0n) is 15.3. The summed E-state index contributed by atoms with van der Waals surface area (Å²) in [5.74, 6) is -2.48. The number of halogens is 1. The molecule has 1 aliphatic rings. The van der Waals surface area contributed by atoms with E-state index in [2.05, 4.69) is 10.6 Å². The number of nitrogens with zero attached hydrogens (tertiary/aromatic N) is 1. The van der Waals surface area contributed by atoms with E-state index >= 15 is 0 Å². The molecule has 154 valence electrons. The van der Waals surface area contributed by atoms with Crippen molar-refractivity contribution in [3.8, 4) is 0 Å². The third-order valence-corrected chi connectivity index (χ3v) is 5.98. The van der Waals surface area contributed by atoms with E-state index in [0.29, 0.717) is 13.0 Å². The number of likely N-dealkylation sites (N-methyl/N-ethyl adjacent to an activating group) is 1. The predicted octanol–water partition coefficient (Wildman–Crippen LogP) is -0.226. The van der Waals surface area contributed by atoms with Gasteiger partial charge in [0.1, 0.15) is 11.9 Å². The molecule has 0 saturated carbocycles. The summed E-state index contributed by atoms with van der Waals surface area (Å²) in [7, 11) is -4.00. The van der Waals surface area contributed by atoms with Gasteiger partial charge in [-0.25, -0.2) is 12.8 Å². The lowest BCUT2D eigenvalue weighted by atomic mass is 10.2. The molecule has 0 radical (unpaired) electrons. The number of nitrogens with one attached hydrogen (secondary N) is 2. The maximum absolute atomic E-state index is 13.0. The zero-order valence-corrected chi connectivity index (χ0v) is 16.1. The molecule has 0 unspecified atom stereocenters. The fraction of sp³-hybridized carbons (Fsp3) is 0.471. The highest BCUT2D eigenvalue weighted by Crippen LogP contribution is 2.27. The summed E-state index contributed by atoms with van der Waals surface area (Å²) in [6.07, 6.45) is 0.698. The summed E-state index contributed by atoms with van der Waals surface area (Å²) in [5.41, 5.74) is 0. The van der Waals surface area contributed by atoms with Crippen molar-refractivity contribution in [3.05, 3.63) is 30.1 Å². The molecule has 2 amide bonds. The van der Waals surface area contributed by atoms with Gasteiger partial charge in [-0.15, -0.1) is 0 Å². The van der Waals surface area contributed by atoms with Gasteiger partial charge in [-0.3, -0.25) is 14.4 Å². The quantitative estimate of drug-likeness (QED) is 0.566. The molecule has 1 aromatic rings. The molecule has 2 rings (SSSR count). The molecule has 0 aliphatic carbocycles. The summed E-state index contributed by atoms with van der Waals surface area (Å²) < 4.78 is 44.4. The molecule has 1 aromatic carbocycles. The van der Waals surface area contributed by atoms with Gasteiger partial charge in [0.05, 0.1) is 11.4 Å². The van der Waals surface area contributed by atoms with E-state index in [1.807, 2.05) is 0 Å². The van der Waals surface area contributed by atoms with Crippen LogP contribution in [-0.2, 0) is 29.1 Å². The van der Waals surface area contributed by atoms with E-state index < -0.39 is 40.4 Å². The fourth-order valence-corrected chi connectivity index (χ4v) is 4.37. The van der Waals surface area contributed by atoms with Gasteiger partial charge in [-0.1, -0.05) is 0 Å². The van der Waals surface area contributed by atoms with Gasteiger partial charge in [0.25, 0.3) is 5.91 Å². The van der Waals surface area contributed by atoms with Crippen LogP contribution in [0, 0.1) is 5.82 Å². The van der Waals surface area contributed by atoms with Crippen LogP contribution in [0.15, 0.2) is 29.2 Å². The molecular weight excluding hydrogens is 393 g/mol. The Bertz CT molecular complexity index is 828. The van der Waals surface area contributed by atoms with E-state index in [-0.39, 0.29) is 30.3 Å². The summed E-state index contributed by atoms with van der Waals surface area (Å²) in [4.78, 5) is 35.1. The van der Waals surface area contributed by atoms with Crippen molar-refractivity contribution in [2.45, 2.75) is 30.7 Å². The maximum Gasteiger partial charge on any atom is 0.324 e. The highest BCUT2D eigenvalue weighted by molar-refractivity contribution is 7.89. The monoisotopic (exact) mass is 415 g/mol. The molecule has 1 heterocycles. The third-order valence-electron chi connectivity index (χ3n) is 4.06. The summed E-state index contributed by atoms with van der Waals surface area (Å²) in [5, 5.41) is 4.78. The number of ether oxygens (including phenoxy) is 1. The molecule has 0 aromatic heterocycles. The number of esters is 1. The molecule has 2 N–H and O–H groups in total. The van der Waals surface area contributed by atoms with Gasteiger partial charge in [-0.2, -0.15) is 4.31 Å². The Morgan fingerprint density at radius 3 is 2.50 bits per heavy atom. The number of carbonyl (C=O) groups excluding carboxylic acids is 3. The van der Waals surface area contributed by atoms with Crippen molar-refractivity contribution in [3.63, 3.8) is 0 Å². The minimum absolute atomic E-state index is 0.114. The Kier molecular flexibility index (Phi) is 7.46. The van der Waals surface area contributed by atoms with Crippen LogP contribution >= 0.6 is 0 Å². The second-order valence-electron chi connectivity index (χ2n) is 6.07. The normalized spacial score (nSPS) is 17.1. The second kappa shape index (κ2) is 9.60. The summed E-state index contributed by atoms with van der Waals surface area (Å²) in [6, 6.07) is 3.23. The minimum Gasteiger partial charge on any atom is -0.454 e. The number of hydrogen-bond donors (Lipinski definition) is 2. The van der Waals surface area contributed by atoms with Crippen LogP contribution in [-0.4, -0.2) is 62.8 Å². The molecule has 1 aliphatic heterocycles. The Hall–Kier alpha value is -2.53. The van der Waals surface area contributed by atoms with Gasteiger partial charge in [0.15, 0.2) is 6.61 Å². The summed E-state index contributed by atoms with van der Waals surface area (Å²) >= 11 is 0. The van der Waals surface area contributed by atoms with Gasteiger partial charge < -0.3 is 15.4 Å². The minimum atomic E-state index is -4.00. The van der Waals surface area contributed by atoms with E-state index in [0.717, 1.165) is 28.6 Å². The molecule has 0 bridgehead atoms. The lowest BCUT2D eigenvalue weighted by Crippen LogP contribution is -2.43.